The van der Waals surface area contributed by atoms with Gasteiger partial charge in [-0.1, -0.05) is 84.9 Å². The largest absolute Gasteiger partial charge is 0.481 e. The second-order valence-electron chi connectivity index (χ2n) is 10.1. The van der Waals surface area contributed by atoms with Crippen LogP contribution in [0.4, 0.5) is 5.69 Å². The monoisotopic (exact) mass is 517 g/mol. The van der Waals surface area contributed by atoms with Crippen LogP contribution in [-0.2, 0) is 20.8 Å². The van der Waals surface area contributed by atoms with Crippen molar-refractivity contribution < 1.29 is 24.2 Å². The maximum atomic E-state index is 13.7. The molecular weight excluding hydrogens is 490 g/mol. The van der Waals surface area contributed by atoms with Crippen LogP contribution >= 0.6 is 0 Å². The maximum Gasteiger partial charge on any atom is 0.315 e. The molecule has 1 amide bonds. The lowest BCUT2D eigenvalue weighted by atomic mass is 9.52. The molecule has 194 valence electrons. The normalized spacial score (nSPS) is 21.7. The summed E-state index contributed by atoms with van der Waals surface area (Å²) in [6.45, 7) is 0. The Bertz CT molecular complexity index is 1500. The minimum absolute atomic E-state index is 0.00318. The van der Waals surface area contributed by atoms with Gasteiger partial charge in [0.1, 0.15) is 5.75 Å². The lowest BCUT2D eigenvalue weighted by Crippen LogP contribution is -2.52. The average Bonchev–Trinajstić information content (AvgIpc) is 2.93. The van der Waals surface area contributed by atoms with Crippen molar-refractivity contribution in [2.24, 2.45) is 11.8 Å². The van der Waals surface area contributed by atoms with E-state index < -0.39 is 35.6 Å². The van der Waals surface area contributed by atoms with Crippen LogP contribution in [0.1, 0.15) is 34.9 Å². The number of hydrogen-bond donors (Lipinski definition) is 2. The summed E-state index contributed by atoms with van der Waals surface area (Å²) in [6, 6.07) is 31.9. The summed E-state index contributed by atoms with van der Waals surface area (Å²) in [5, 5.41) is 13.1. The fourth-order valence-electron chi connectivity index (χ4n) is 6.00. The third-order valence-electron chi connectivity index (χ3n) is 7.87. The minimum atomic E-state index is -0.928. The molecule has 1 fully saturated rings. The van der Waals surface area contributed by atoms with E-state index in [4.69, 9.17) is 4.74 Å². The molecule has 6 heteroatoms. The van der Waals surface area contributed by atoms with Gasteiger partial charge in [0, 0.05) is 23.9 Å². The second-order valence-corrected chi connectivity index (χ2v) is 10.1. The molecule has 39 heavy (non-hydrogen) atoms. The molecule has 6 nitrogen and oxygen atoms in total. The summed E-state index contributed by atoms with van der Waals surface area (Å²) in [5.41, 5.74) is 5.26. The fourth-order valence-corrected chi connectivity index (χ4v) is 6.00. The predicted octanol–water partition coefficient (Wildman–Crippen LogP) is 6.04. The Balaban J connectivity index is 1.31. The summed E-state index contributed by atoms with van der Waals surface area (Å²) in [6.07, 6.45) is 1.19. The van der Waals surface area contributed by atoms with Crippen LogP contribution in [0.5, 0.6) is 5.75 Å². The molecule has 4 aromatic rings. The number of benzene rings is 4. The zero-order valence-corrected chi connectivity index (χ0v) is 21.1. The van der Waals surface area contributed by atoms with Crippen molar-refractivity contribution >= 4 is 23.5 Å². The Morgan fingerprint density at radius 1 is 0.718 bits per heavy atom. The van der Waals surface area contributed by atoms with E-state index in [9.17, 15) is 19.5 Å². The first kappa shape index (κ1) is 24.6. The van der Waals surface area contributed by atoms with E-state index in [1.807, 2.05) is 91.0 Å². The number of carboxylic acid groups (broad SMARTS) is 1. The molecule has 1 saturated carbocycles. The molecule has 1 aliphatic heterocycles. The maximum absolute atomic E-state index is 13.7. The van der Waals surface area contributed by atoms with Gasteiger partial charge < -0.3 is 15.2 Å². The smallest absolute Gasteiger partial charge is 0.315 e. The highest BCUT2D eigenvalue weighted by molar-refractivity contribution is 5.95. The Hall–Kier alpha value is -4.71. The number of aliphatic carboxylic acids is 1. The van der Waals surface area contributed by atoms with E-state index >= 15 is 0 Å². The number of nitrogens with one attached hydrogen (secondary N) is 1. The zero-order chi connectivity index (χ0) is 26.9. The summed E-state index contributed by atoms with van der Waals surface area (Å²) in [5.74, 6) is -3.40. The van der Waals surface area contributed by atoms with Crippen molar-refractivity contribution in [1.82, 2.24) is 0 Å². The Kier molecular flexibility index (Phi) is 6.45. The molecular formula is C33H27NO5. The Morgan fingerprint density at radius 3 is 2.00 bits per heavy atom. The van der Waals surface area contributed by atoms with Crippen LogP contribution in [-0.4, -0.2) is 23.0 Å². The second kappa shape index (κ2) is 10.2. The molecule has 0 saturated heterocycles. The third-order valence-corrected chi connectivity index (χ3v) is 7.87. The van der Waals surface area contributed by atoms with E-state index in [-0.39, 0.29) is 5.91 Å². The first-order chi connectivity index (χ1) is 19.0. The molecule has 6 rings (SSSR count). The van der Waals surface area contributed by atoms with Crippen molar-refractivity contribution in [3.63, 3.8) is 0 Å². The van der Waals surface area contributed by atoms with Crippen LogP contribution in [0.3, 0.4) is 0 Å². The molecule has 0 aromatic heterocycles. The van der Waals surface area contributed by atoms with E-state index in [2.05, 4.69) is 5.32 Å². The third kappa shape index (κ3) is 4.70. The van der Waals surface area contributed by atoms with Crippen LogP contribution in [0.25, 0.3) is 11.1 Å². The van der Waals surface area contributed by atoms with Crippen molar-refractivity contribution in [2.75, 3.05) is 5.32 Å². The molecule has 2 N–H and O–H groups in total. The van der Waals surface area contributed by atoms with Gasteiger partial charge >= 0.3 is 11.9 Å². The number of carbonyl (C=O) groups is 3. The number of aryl methyl sites for hydroxylation is 1. The number of rotatable bonds is 6. The van der Waals surface area contributed by atoms with Crippen LogP contribution in [0.15, 0.2) is 103 Å². The molecule has 0 radical (unpaired) electrons. The number of hydrogen-bond acceptors (Lipinski definition) is 4. The highest BCUT2D eigenvalue weighted by Gasteiger charge is 2.59. The molecule has 4 aromatic carbocycles. The van der Waals surface area contributed by atoms with Crippen LogP contribution in [0, 0.1) is 11.8 Å². The topological polar surface area (TPSA) is 92.7 Å². The van der Waals surface area contributed by atoms with Crippen molar-refractivity contribution in [3.05, 3.63) is 120 Å². The average molecular weight is 518 g/mol. The Labute approximate surface area is 226 Å². The lowest BCUT2D eigenvalue weighted by Gasteiger charge is -2.48. The van der Waals surface area contributed by atoms with E-state index in [0.717, 1.165) is 33.5 Å². The SMILES string of the molecule is O=C1CCc2ccc(-c3cccc(OC(=O)[C@H]4[C@@H](c5ccccc5)[C@H](C(=O)O)[C@@H]4c4ccccc4)c3)cc2N1. The van der Waals surface area contributed by atoms with E-state index in [1.54, 1.807) is 12.1 Å². The lowest BCUT2D eigenvalue weighted by molar-refractivity contribution is -0.158. The first-order valence-electron chi connectivity index (χ1n) is 13.1. The first-order valence-corrected chi connectivity index (χ1v) is 13.1. The van der Waals surface area contributed by atoms with Gasteiger partial charge in [0.2, 0.25) is 5.91 Å². The zero-order valence-electron chi connectivity index (χ0n) is 21.1. The summed E-state index contributed by atoms with van der Waals surface area (Å²) >= 11 is 0. The molecule has 0 bridgehead atoms. The van der Waals surface area contributed by atoms with E-state index in [1.165, 1.54) is 0 Å². The minimum Gasteiger partial charge on any atom is -0.481 e. The quantitative estimate of drug-likeness (QED) is 0.240. The van der Waals surface area contributed by atoms with Gasteiger partial charge in [-0.2, -0.15) is 0 Å². The highest BCUT2D eigenvalue weighted by atomic mass is 16.5. The number of anilines is 1. The summed E-state index contributed by atoms with van der Waals surface area (Å²) in [7, 11) is 0. The van der Waals surface area contributed by atoms with Gasteiger partial charge in [-0.05, 0) is 52.4 Å². The number of esters is 1. The molecule has 2 atom stereocenters. The highest BCUT2D eigenvalue weighted by Crippen LogP contribution is 2.58. The molecule has 2 aliphatic rings. The number of ether oxygens (including phenoxy) is 1. The van der Waals surface area contributed by atoms with Gasteiger partial charge in [-0.25, -0.2) is 0 Å². The number of carboxylic acids is 1. The standard InChI is InChI=1S/C33H27NO5/c35-27-17-16-20-14-15-24(19-26(20)34-27)23-12-7-13-25(18-23)39-33(38)31-28(21-8-3-1-4-9-21)30(32(36)37)29(31)22-10-5-2-6-11-22/h1-15,18-19,28-31H,16-17H2,(H,34,35)(H,36,37)/t28-,29-,30-,31-/m0/s1. The molecule has 1 heterocycles. The van der Waals surface area contributed by atoms with Crippen molar-refractivity contribution in [3.8, 4) is 16.9 Å². The van der Waals surface area contributed by atoms with Gasteiger partial charge in [0.25, 0.3) is 0 Å². The van der Waals surface area contributed by atoms with Gasteiger partial charge in [0.05, 0.1) is 11.8 Å². The van der Waals surface area contributed by atoms with Gasteiger partial charge in [-0.15, -0.1) is 0 Å². The predicted molar refractivity (Wildman–Crippen MR) is 147 cm³/mol. The van der Waals surface area contributed by atoms with Crippen LogP contribution in [0.2, 0.25) is 0 Å². The fraction of sp³-hybridized carbons (Fsp3) is 0.182. The number of amides is 1. The van der Waals surface area contributed by atoms with Crippen molar-refractivity contribution in [1.29, 1.82) is 0 Å². The van der Waals surface area contributed by atoms with E-state index in [0.29, 0.717) is 18.6 Å². The Morgan fingerprint density at radius 2 is 1.36 bits per heavy atom. The van der Waals surface area contributed by atoms with Crippen LogP contribution < -0.4 is 10.1 Å². The van der Waals surface area contributed by atoms with Crippen molar-refractivity contribution in [2.45, 2.75) is 24.7 Å². The molecule has 0 spiro atoms. The summed E-state index contributed by atoms with van der Waals surface area (Å²) < 4.78 is 5.94. The molecule has 0 unspecified atom stereocenters. The number of fused-ring (bicyclic) bond motifs is 1. The van der Waals surface area contributed by atoms with Gasteiger partial charge in [-0.3, -0.25) is 14.4 Å². The summed E-state index contributed by atoms with van der Waals surface area (Å²) in [4.78, 5) is 38.0. The molecule has 1 aliphatic carbocycles. The van der Waals surface area contributed by atoms with Gasteiger partial charge in [0.15, 0.2) is 0 Å². The number of carbonyl (C=O) groups excluding carboxylic acids is 2.